The van der Waals surface area contributed by atoms with Gasteiger partial charge >= 0.3 is 0 Å². The Morgan fingerprint density at radius 3 is 3.00 bits per heavy atom. The smallest absolute Gasteiger partial charge is 0.263 e. The van der Waals surface area contributed by atoms with Crippen molar-refractivity contribution in [3.05, 3.63) is 51.7 Å². The van der Waals surface area contributed by atoms with Crippen LogP contribution in [0.1, 0.15) is 15.4 Å². The monoisotopic (exact) mass is 364 g/mol. The SMILES string of the molecule is Nc1c(C(=O)NCCc2ccco2)sc2ccc(Br)cc12. The molecule has 3 rings (SSSR count). The summed E-state index contributed by atoms with van der Waals surface area (Å²) in [6.07, 6.45) is 2.29. The summed E-state index contributed by atoms with van der Waals surface area (Å²) in [5, 5.41) is 3.78. The van der Waals surface area contributed by atoms with Gasteiger partial charge in [0.2, 0.25) is 0 Å². The minimum absolute atomic E-state index is 0.142. The molecule has 2 aromatic heterocycles. The van der Waals surface area contributed by atoms with Crippen molar-refractivity contribution in [2.45, 2.75) is 6.42 Å². The minimum Gasteiger partial charge on any atom is -0.469 e. The number of nitrogens with one attached hydrogen (secondary N) is 1. The van der Waals surface area contributed by atoms with Gasteiger partial charge in [0, 0.05) is 27.5 Å². The van der Waals surface area contributed by atoms with Gasteiger partial charge in [0.05, 0.1) is 12.0 Å². The van der Waals surface area contributed by atoms with E-state index in [1.165, 1.54) is 11.3 Å². The standard InChI is InChI=1S/C15H13BrN2O2S/c16-9-3-4-12-11(8-9)13(17)14(21-12)15(19)18-6-5-10-2-1-7-20-10/h1-4,7-8H,5-6,17H2,(H,18,19). The molecule has 0 fully saturated rings. The molecule has 3 N–H and O–H groups in total. The largest absolute Gasteiger partial charge is 0.469 e. The van der Waals surface area contributed by atoms with Crippen molar-refractivity contribution < 1.29 is 9.21 Å². The van der Waals surface area contributed by atoms with E-state index in [0.29, 0.717) is 23.5 Å². The topological polar surface area (TPSA) is 68.3 Å². The van der Waals surface area contributed by atoms with Gasteiger partial charge in [-0.1, -0.05) is 15.9 Å². The van der Waals surface area contributed by atoms with Crippen LogP contribution in [0.25, 0.3) is 10.1 Å². The molecule has 0 spiro atoms. The molecule has 1 aromatic carbocycles. The maximum atomic E-state index is 12.2. The van der Waals surface area contributed by atoms with Gasteiger partial charge in [-0.05, 0) is 30.3 Å². The van der Waals surface area contributed by atoms with E-state index in [4.69, 9.17) is 10.2 Å². The molecule has 0 aliphatic carbocycles. The number of nitrogens with two attached hydrogens (primary N) is 1. The number of halogens is 1. The fourth-order valence-corrected chi connectivity index (χ4v) is 3.47. The van der Waals surface area contributed by atoms with Gasteiger partial charge in [-0.3, -0.25) is 4.79 Å². The highest BCUT2D eigenvalue weighted by molar-refractivity contribution is 9.10. The molecule has 1 amide bonds. The zero-order valence-corrected chi connectivity index (χ0v) is 13.5. The zero-order valence-electron chi connectivity index (χ0n) is 11.1. The second-order valence-electron chi connectivity index (χ2n) is 4.57. The summed E-state index contributed by atoms with van der Waals surface area (Å²) in [4.78, 5) is 12.8. The summed E-state index contributed by atoms with van der Waals surface area (Å²) in [5.74, 6) is 0.708. The van der Waals surface area contributed by atoms with E-state index in [0.717, 1.165) is 20.3 Å². The lowest BCUT2D eigenvalue weighted by molar-refractivity contribution is 0.0958. The molecular weight excluding hydrogens is 352 g/mol. The number of hydrogen-bond acceptors (Lipinski definition) is 4. The van der Waals surface area contributed by atoms with Crippen LogP contribution in [0.15, 0.2) is 45.5 Å². The number of carbonyl (C=O) groups is 1. The molecule has 108 valence electrons. The number of fused-ring (bicyclic) bond motifs is 1. The van der Waals surface area contributed by atoms with E-state index in [-0.39, 0.29) is 5.91 Å². The third kappa shape index (κ3) is 2.96. The van der Waals surface area contributed by atoms with Gasteiger partial charge in [-0.15, -0.1) is 11.3 Å². The van der Waals surface area contributed by atoms with Crippen LogP contribution in [0, 0.1) is 0 Å². The van der Waals surface area contributed by atoms with Crippen LogP contribution >= 0.6 is 27.3 Å². The molecule has 21 heavy (non-hydrogen) atoms. The maximum Gasteiger partial charge on any atom is 0.263 e. The summed E-state index contributed by atoms with van der Waals surface area (Å²) in [6.45, 7) is 0.518. The maximum absolute atomic E-state index is 12.2. The molecule has 0 aliphatic heterocycles. The average molecular weight is 365 g/mol. The first-order valence-electron chi connectivity index (χ1n) is 6.43. The molecular formula is C15H13BrN2O2S. The number of rotatable bonds is 4. The molecule has 2 heterocycles. The van der Waals surface area contributed by atoms with Crippen LogP contribution < -0.4 is 11.1 Å². The summed E-state index contributed by atoms with van der Waals surface area (Å²) in [5.41, 5.74) is 6.62. The molecule has 0 unspecified atom stereocenters. The quantitative estimate of drug-likeness (QED) is 0.739. The van der Waals surface area contributed by atoms with E-state index in [1.54, 1.807) is 6.26 Å². The number of hydrogen-bond donors (Lipinski definition) is 2. The van der Waals surface area contributed by atoms with Gasteiger partial charge in [-0.25, -0.2) is 0 Å². The van der Waals surface area contributed by atoms with Gasteiger partial charge in [0.25, 0.3) is 5.91 Å². The Labute approximate surface area is 134 Å². The van der Waals surface area contributed by atoms with Gasteiger partial charge in [0.1, 0.15) is 10.6 Å². The fourth-order valence-electron chi connectivity index (χ4n) is 2.09. The predicted molar refractivity (Wildman–Crippen MR) is 88.7 cm³/mol. The Morgan fingerprint density at radius 1 is 1.38 bits per heavy atom. The molecule has 0 radical (unpaired) electrons. The predicted octanol–water partition coefficient (Wildman–Crippen LogP) is 3.81. The molecule has 0 saturated heterocycles. The van der Waals surface area contributed by atoms with Crippen molar-refractivity contribution in [2.75, 3.05) is 12.3 Å². The Hall–Kier alpha value is -1.79. The van der Waals surface area contributed by atoms with E-state index in [1.807, 2.05) is 30.3 Å². The van der Waals surface area contributed by atoms with Crippen LogP contribution in [0.2, 0.25) is 0 Å². The highest BCUT2D eigenvalue weighted by Crippen LogP contribution is 2.35. The van der Waals surface area contributed by atoms with Crippen molar-refractivity contribution in [1.29, 1.82) is 0 Å². The highest BCUT2D eigenvalue weighted by Gasteiger charge is 2.16. The number of nitrogen functional groups attached to an aromatic ring is 1. The first-order chi connectivity index (χ1) is 10.1. The summed E-state index contributed by atoms with van der Waals surface area (Å²) in [7, 11) is 0. The molecule has 4 nitrogen and oxygen atoms in total. The Kier molecular flexibility index (Phi) is 3.98. The van der Waals surface area contributed by atoms with Crippen LogP contribution in [-0.2, 0) is 6.42 Å². The minimum atomic E-state index is -0.142. The van der Waals surface area contributed by atoms with Crippen molar-refractivity contribution in [1.82, 2.24) is 5.32 Å². The van der Waals surface area contributed by atoms with Crippen LogP contribution in [0.5, 0.6) is 0 Å². The summed E-state index contributed by atoms with van der Waals surface area (Å²) in [6, 6.07) is 9.55. The molecule has 0 bridgehead atoms. The molecule has 3 aromatic rings. The number of thiophene rings is 1. The van der Waals surface area contributed by atoms with Crippen molar-refractivity contribution in [3.8, 4) is 0 Å². The number of anilines is 1. The van der Waals surface area contributed by atoms with Crippen LogP contribution in [0.4, 0.5) is 5.69 Å². The van der Waals surface area contributed by atoms with E-state index >= 15 is 0 Å². The third-order valence-electron chi connectivity index (χ3n) is 3.13. The van der Waals surface area contributed by atoms with E-state index in [2.05, 4.69) is 21.2 Å². The first kappa shape index (κ1) is 14.2. The number of carbonyl (C=O) groups excluding carboxylic acids is 1. The number of benzene rings is 1. The number of amides is 1. The third-order valence-corrected chi connectivity index (χ3v) is 4.81. The van der Waals surface area contributed by atoms with Crippen molar-refractivity contribution in [3.63, 3.8) is 0 Å². The van der Waals surface area contributed by atoms with Gasteiger partial charge < -0.3 is 15.5 Å². The Balaban J connectivity index is 1.73. The van der Waals surface area contributed by atoms with Crippen molar-refractivity contribution in [2.24, 2.45) is 0 Å². The van der Waals surface area contributed by atoms with E-state index in [9.17, 15) is 4.79 Å². The lowest BCUT2D eigenvalue weighted by Crippen LogP contribution is -2.25. The summed E-state index contributed by atoms with van der Waals surface area (Å²) < 4.78 is 7.18. The zero-order chi connectivity index (χ0) is 14.8. The highest BCUT2D eigenvalue weighted by atomic mass is 79.9. The average Bonchev–Trinajstić information content (AvgIpc) is 3.08. The van der Waals surface area contributed by atoms with Crippen LogP contribution in [0.3, 0.4) is 0 Å². The Morgan fingerprint density at radius 2 is 2.24 bits per heavy atom. The lowest BCUT2D eigenvalue weighted by Gasteiger charge is -2.03. The molecule has 0 aliphatic rings. The van der Waals surface area contributed by atoms with Crippen LogP contribution in [-0.4, -0.2) is 12.5 Å². The second kappa shape index (κ2) is 5.91. The summed E-state index contributed by atoms with van der Waals surface area (Å²) >= 11 is 4.82. The molecule has 0 atom stereocenters. The Bertz CT molecular complexity index is 780. The second-order valence-corrected chi connectivity index (χ2v) is 6.54. The first-order valence-corrected chi connectivity index (χ1v) is 8.04. The fraction of sp³-hybridized carbons (Fsp3) is 0.133. The normalized spacial score (nSPS) is 10.9. The van der Waals surface area contributed by atoms with Gasteiger partial charge in [0.15, 0.2) is 0 Å². The van der Waals surface area contributed by atoms with E-state index < -0.39 is 0 Å². The molecule has 0 saturated carbocycles. The van der Waals surface area contributed by atoms with Gasteiger partial charge in [-0.2, -0.15) is 0 Å². The lowest BCUT2D eigenvalue weighted by atomic mass is 10.2. The number of furan rings is 1. The van der Waals surface area contributed by atoms with Crippen molar-refractivity contribution >= 4 is 48.9 Å². The molecule has 6 heteroatoms.